The topological polar surface area (TPSA) is 42.4 Å². The van der Waals surface area contributed by atoms with E-state index in [2.05, 4.69) is 18.0 Å². The summed E-state index contributed by atoms with van der Waals surface area (Å²) in [6.07, 6.45) is 7.03. The van der Waals surface area contributed by atoms with Crippen molar-refractivity contribution in [3.8, 4) is 0 Å². The Balaban J connectivity index is 2.01. The van der Waals surface area contributed by atoms with Crippen LogP contribution in [0, 0.1) is 5.92 Å². The monoisotopic (exact) mass is 285 g/mol. The van der Waals surface area contributed by atoms with Gasteiger partial charge in [0.05, 0.1) is 5.60 Å². The summed E-state index contributed by atoms with van der Waals surface area (Å²) in [4.78, 5) is 4.21. The van der Waals surface area contributed by atoms with Crippen LogP contribution in [-0.2, 0) is 4.74 Å². The van der Waals surface area contributed by atoms with Crippen molar-refractivity contribution < 1.29 is 9.84 Å². The zero-order valence-corrected chi connectivity index (χ0v) is 12.7. The van der Waals surface area contributed by atoms with Gasteiger partial charge in [0.25, 0.3) is 0 Å². The van der Waals surface area contributed by atoms with Crippen molar-refractivity contribution in [2.24, 2.45) is 5.92 Å². The zero-order chi connectivity index (χ0) is 14.9. The second-order valence-corrected chi connectivity index (χ2v) is 6.30. The minimum atomic E-state index is -0.608. The number of pyridine rings is 1. The Morgan fingerprint density at radius 1 is 1.29 bits per heavy atom. The molecule has 0 bridgehead atoms. The van der Waals surface area contributed by atoms with Gasteiger partial charge >= 0.3 is 0 Å². The number of fused-ring (bicyclic) bond motifs is 1. The lowest BCUT2D eigenvalue weighted by Crippen LogP contribution is -2.42. The SMILES string of the molecule is COC1(C(O)c2cccc3ccncc23)CCC(C)CC1. The van der Waals surface area contributed by atoms with Gasteiger partial charge in [-0.25, -0.2) is 0 Å². The van der Waals surface area contributed by atoms with Gasteiger partial charge in [0.1, 0.15) is 6.10 Å². The molecule has 1 unspecified atom stereocenters. The number of benzene rings is 1. The van der Waals surface area contributed by atoms with E-state index in [1.165, 1.54) is 0 Å². The highest BCUT2D eigenvalue weighted by Gasteiger charge is 2.42. The highest BCUT2D eigenvalue weighted by Crippen LogP contribution is 2.44. The zero-order valence-electron chi connectivity index (χ0n) is 12.7. The smallest absolute Gasteiger partial charge is 0.109 e. The molecule has 1 atom stereocenters. The molecule has 2 aromatic rings. The fraction of sp³-hybridized carbons (Fsp3) is 0.500. The fourth-order valence-corrected chi connectivity index (χ4v) is 3.50. The molecule has 1 aromatic heterocycles. The Hall–Kier alpha value is -1.45. The number of hydrogen-bond donors (Lipinski definition) is 1. The lowest BCUT2D eigenvalue weighted by atomic mass is 9.74. The van der Waals surface area contributed by atoms with Crippen molar-refractivity contribution >= 4 is 10.8 Å². The third-order valence-corrected chi connectivity index (χ3v) is 5.04. The second kappa shape index (κ2) is 5.74. The lowest BCUT2D eigenvalue weighted by Gasteiger charge is -2.42. The summed E-state index contributed by atoms with van der Waals surface area (Å²) in [5.74, 6) is 0.717. The van der Waals surface area contributed by atoms with Gasteiger partial charge in [-0.1, -0.05) is 25.1 Å². The summed E-state index contributed by atoms with van der Waals surface area (Å²) < 4.78 is 5.82. The molecule has 1 aliphatic carbocycles. The lowest BCUT2D eigenvalue weighted by molar-refractivity contribution is -0.130. The molecule has 0 saturated heterocycles. The second-order valence-electron chi connectivity index (χ2n) is 6.30. The van der Waals surface area contributed by atoms with Crippen molar-refractivity contribution in [1.29, 1.82) is 0 Å². The van der Waals surface area contributed by atoms with E-state index in [1.54, 1.807) is 13.3 Å². The molecule has 3 rings (SSSR count). The van der Waals surface area contributed by atoms with Crippen LogP contribution in [0.3, 0.4) is 0 Å². The van der Waals surface area contributed by atoms with Crippen LogP contribution >= 0.6 is 0 Å². The molecule has 0 amide bonds. The molecule has 1 heterocycles. The van der Waals surface area contributed by atoms with Crippen molar-refractivity contribution in [2.75, 3.05) is 7.11 Å². The minimum absolute atomic E-state index is 0.462. The number of ether oxygens (including phenoxy) is 1. The number of nitrogens with zero attached hydrogens (tertiary/aromatic N) is 1. The van der Waals surface area contributed by atoms with Crippen LogP contribution in [0.15, 0.2) is 36.7 Å². The van der Waals surface area contributed by atoms with E-state index in [4.69, 9.17) is 4.74 Å². The van der Waals surface area contributed by atoms with Crippen molar-refractivity contribution in [3.63, 3.8) is 0 Å². The molecule has 1 saturated carbocycles. The fourth-order valence-electron chi connectivity index (χ4n) is 3.50. The van der Waals surface area contributed by atoms with Gasteiger partial charge in [-0.2, -0.15) is 0 Å². The Morgan fingerprint density at radius 2 is 2.05 bits per heavy atom. The van der Waals surface area contributed by atoms with Crippen LogP contribution in [-0.4, -0.2) is 22.8 Å². The summed E-state index contributed by atoms with van der Waals surface area (Å²) in [5.41, 5.74) is 0.466. The van der Waals surface area contributed by atoms with Gasteiger partial charge in [0, 0.05) is 24.9 Å². The van der Waals surface area contributed by atoms with Crippen molar-refractivity contribution in [1.82, 2.24) is 4.98 Å². The molecular formula is C18H23NO2. The summed E-state index contributed by atoms with van der Waals surface area (Å²) >= 11 is 0. The molecule has 0 aliphatic heterocycles. The first kappa shape index (κ1) is 14.5. The quantitative estimate of drug-likeness (QED) is 0.931. The van der Waals surface area contributed by atoms with Crippen molar-refractivity contribution in [2.45, 2.75) is 44.3 Å². The first-order valence-electron chi connectivity index (χ1n) is 7.72. The van der Waals surface area contributed by atoms with Crippen LogP contribution in [0.5, 0.6) is 0 Å². The van der Waals surface area contributed by atoms with Crippen LogP contribution in [0.1, 0.15) is 44.3 Å². The number of aliphatic hydroxyl groups is 1. The van der Waals surface area contributed by atoms with Crippen LogP contribution < -0.4 is 0 Å². The van der Waals surface area contributed by atoms with Crippen LogP contribution in [0.2, 0.25) is 0 Å². The highest BCUT2D eigenvalue weighted by molar-refractivity contribution is 5.85. The largest absolute Gasteiger partial charge is 0.385 e. The number of rotatable bonds is 3. The maximum Gasteiger partial charge on any atom is 0.109 e. The first-order valence-corrected chi connectivity index (χ1v) is 7.72. The maximum atomic E-state index is 11.0. The molecule has 0 spiro atoms. The summed E-state index contributed by atoms with van der Waals surface area (Å²) in [6, 6.07) is 8.02. The molecule has 1 aromatic carbocycles. The predicted octanol–water partition coefficient (Wildman–Crippen LogP) is 3.86. The number of aliphatic hydroxyl groups excluding tert-OH is 1. The molecule has 1 N–H and O–H groups in total. The summed E-state index contributed by atoms with van der Waals surface area (Å²) in [5, 5.41) is 13.2. The van der Waals surface area contributed by atoms with Gasteiger partial charge in [-0.05, 0) is 48.6 Å². The average molecular weight is 285 g/mol. The number of methoxy groups -OCH3 is 1. The molecule has 0 radical (unpaired) electrons. The van der Waals surface area contributed by atoms with Crippen molar-refractivity contribution in [3.05, 3.63) is 42.2 Å². The van der Waals surface area contributed by atoms with E-state index >= 15 is 0 Å². The van der Waals surface area contributed by atoms with E-state index in [0.29, 0.717) is 0 Å². The molecule has 1 fully saturated rings. The molecule has 1 aliphatic rings. The summed E-state index contributed by atoms with van der Waals surface area (Å²) in [7, 11) is 1.72. The number of aromatic nitrogens is 1. The van der Waals surface area contributed by atoms with E-state index in [-0.39, 0.29) is 0 Å². The van der Waals surface area contributed by atoms with Gasteiger partial charge in [-0.15, -0.1) is 0 Å². The Labute approximate surface area is 126 Å². The Morgan fingerprint density at radius 3 is 2.76 bits per heavy atom. The van der Waals surface area contributed by atoms with Crippen LogP contribution in [0.4, 0.5) is 0 Å². The molecular weight excluding hydrogens is 262 g/mol. The van der Waals surface area contributed by atoms with Gasteiger partial charge in [0.2, 0.25) is 0 Å². The predicted molar refractivity (Wildman–Crippen MR) is 84.1 cm³/mol. The van der Waals surface area contributed by atoms with E-state index in [0.717, 1.165) is 47.9 Å². The molecule has 112 valence electrons. The van der Waals surface area contributed by atoms with E-state index in [9.17, 15) is 5.11 Å². The highest BCUT2D eigenvalue weighted by atomic mass is 16.5. The van der Waals surface area contributed by atoms with Gasteiger partial charge in [-0.3, -0.25) is 4.98 Å². The standard InChI is InChI=1S/C18H23NO2/c1-13-6-9-18(21-2,10-7-13)17(20)15-5-3-4-14-8-11-19-12-16(14)15/h3-5,8,11-13,17,20H,6-7,9-10H2,1-2H3. The van der Waals surface area contributed by atoms with Gasteiger partial charge in [0.15, 0.2) is 0 Å². The average Bonchev–Trinajstić information content (AvgIpc) is 2.55. The normalized spacial score (nSPS) is 27.7. The van der Waals surface area contributed by atoms with Gasteiger partial charge < -0.3 is 9.84 Å². The summed E-state index contributed by atoms with van der Waals surface area (Å²) in [6.45, 7) is 2.27. The minimum Gasteiger partial charge on any atom is -0.385 e. The third kappa shape index (κ3) is 2.56. The van der Waals surface area contributed by atoms with E-state index in [1.807, 2.05) is 24.4 Å². The first-order chi connectivity index (χ1) is 10.2. The maximum absolute atomic E-state index is 11.0. The number of hydrogen-bond acceptors (Lipinski definition) is 3. The van der Waals surface area contributed by atoms with Crippen LogP contribution in [0.25, 0.3) is 10.8 Å². The molecule has 3 heteroatoms. The Bertz CT molecular complexity index is 612. The van der Waals surface area contributed by atoms with E-state index < -0.39 is 11.7 Å². The molecule has 3 nitrogen and oxygen atoms in total. The molecule has 21 heavy (non-hydrogen) atoms. The third-order valence-electron chi connectivity index (χ3n) is 5.04. The Kier molecular flexibility index (Phi) is 3.96.